The van der Waals surface area contributed by atoms with Crippen LogP contribution in [0.15, 0.2) is 29.5 Å². The van der Waals surface area contributed by atoms with E-state index in [0.717, 1.165) is 22.2 Å². The highest BCUT2D eigenvalue weighted by Gasteiger charge is 2.02. The van der Waals surface area contributed by atoms with E-state index in [1.807, 2.05) is 24.4 Å². The number of H-pyrrole nitrogens is 1. The van der Waals surface area contributed by atoms with E-state index < -0.39 is 0 Å². The molecule has 0 aliphatic rings. The number of rotatable bonds is 3. The van der Waals surface area contributed by atoms with Crippen molar-refractivity contribution in [1.29, 1.82) is 0 Å². The number of hydrazone groups is 1. The van der Waals surface area contributed by atoms with Gasteiger partial charge in [-0.3, -0.25) is 0 Å². The van der Waals surface area contributed by atoms with Crippen molar-refractivity contribution in [3.63, 3.8) is 0 Å². The van der Waals surface area contributed by atoms with E-state index in [2.05, 4.69) is 15.5 Å². The van der Waals surface area contributed by atoms with E-state index in [9.17, 15) is 0 Å². The molecular formula is C11H13N3O. The molecule has 1 aromatic heterocycles. The summed E-state index contributed by atoms with van der Waals surface area (Å²) in [6, 6.07) is 5.91. The fourth-order valence-corrected chi connectivity index (χ4v) is 1.49. The zero-order valence-corrected chi connectivity index (χ0v) is 8.74. The van der Waals surface area contributed by atoms with Crippen molar-refractivity contribution in [2.75, 3.05) is 14.2 Å². The quantitative estimate of drug-likeness (QED) is 0.589. The van der Waals surface area contributed by atoms with Crippen LogP contribution in [0.25, 0.3) is 10.9 Å². The molecule has 2 N–H and O–H groups in total. The highest BCUT2D eigenvalue weighted by molar-refractivity contribution is 5.99. The molecule has 0 spiro atoms. The minimum absolute atomic E-state index is 0.848. The first-order valence-corrected chi connectivity index (χ1v) is 4.70. The SMILES string of the molecule is CN/N=C/c1c[nH]c2ccc(OC)cc12. The van der Waals surface area contributed by atoms with E-state index in [1.54, 1.807) is 20.4 Å². The molecule has 0 unspecified atom stereocenters. The van der Waals surface area contributed by atoms with Crippen molar-refractivity contribution in [3.8, 4) is 5.75 Å². The summed E-state index contributed by atoms with van der Waals surface area (Å²) < 4.78 is 5.18. The van der Waals surface area contributed by atoms with Gasteiger partial charge in [0.25, 0.3) is 0 Å². The van der Waals surface area contributed by atoms with Crippen LogP contribution < -0.4 is 10.2 Å². The number of hydrogen-bond donors (Lipinski definition) is 2. The minimum atomic E-state index is 0.848. The molecule has 15 heavy (non-hydrogen) atoms. The molecule has 1 aromatic carbocycles. The molecule has 1 heterocycles. The lowest BCUT2D eigenvalue weighted by atomic mass is 10.2. The molecule has 0 fully saturated rings. The Balaban J connectivity index is 2.51. The molecule has 0 amide bonds. The third kappa shape index (κ3) is 1.79. The van der Waals surface area contributed by atoms with Gasteiger partial charge < -0.3 is 15.1 Å². The van der Waals surface area contributed by atoms with Crippen molar-refractivity contribution in [1.82, 2.24) is 10.4 Å². The maximum Gasteiger partial charge on any atom is 0.119 e. The second-order valence-electron chi connectivity index (χ2n) is 3.14. The lowest BCUT2D eigenvalue weighted by Crippen LogP contribution is -1.94. The Hall–Kier alpha value is -1.97. The number of aromatic nitrogens is 1. The lowest BCUT2D eigenvalue weighted by molar-refractivity contribution is 0.415. The molecular weight excluding hydrogens is 190 g/mol. The van der Waals surface area contributed by atoms with Crippen molar-refractivity contribution < 1.29 is 4.74 Å². The Morgan fingerprint density at radius 3 is 3.07 bits per heavy atom. The first-order valence-electron chi connectivity index (χ1n) is 4.70. The van der Waals surface area contributed by atoms with Gasteiger partial charge in [-0.2, -0.15) is 5.10 Å². The lowest BCUT2D eigenvalue weighted by Gasteiger charge is -1.99. The van der Waals surface area contributed by atoms with Crippen molar-refractivity contribution in [2.45, 2.75) is 0 Å². The average molecular weight is 203 g/mol. The number of nitrogens with one attached hydrogen (secondary N) is 2. The highest BCUT2D eigenvalue weighted by Crippen LogP contribution is 2.22. The van der Waals surface area contributed by atoms with Gasteiger partial charge in [0.05, 0.1) is 13.3 Å². The molecule has 0 saturated heterocycles. The molecule has 0 atom stereocenters. The van der Waals surface area contributed by atoms with Crippen LogP contribution in [-0.4, -0.2) is 25.4 Å². The van der Waals surface area contributed by atoms with E-state index in [1.165, 1.54) is 0 Å². The summed E-state index contributed by atoms with van der Waals surface area (Å²) in [7, 11) is 3.43. The Bertz CT molecular complexity index is 488. The fourth-order valence-electron chi connectivity index (χ4n) is 1.49. The Morgan fingerprint density at radius 1 is 1.47 bits per heavy atom. The van der Waals surface area contributed by atoms with Crippen LogP contribution in [0.5, 0.6) is 5.75 Å². The van der Waals surface area contributed by atoms with Crippen LogP contribution in [-0.2, 0) is 0 Å². The number of nitrogens with zero attached hydrogens (tertiary/aromatic N) is 1. The second-order valence-corrected chi connectivity index (χ2v) is 3.14. The minimum Gasteiger partial charge on any atom is -0.497 e. The summed E-state index contributed by atoms with van der Waals surface area (Å²) >= 11 is 0. The van der Waals surface area contributed by atoms with E-state index in [0.29, 0.717) is 0 Å². The summed E-state index contributed by atoms with van der Waals surface area (Å²) in [5.74, 6) is 0.848. The molecule has 2 aromatic rings. The molecule has 0 aliphatic carbocycles. The zero-order chi connectivity index (χ0) is 10.7. The first-order chi connectivity index (χ1) is 7.35. The largest absolute Gasteiger partial charge is 0.497 e. The molecule has 2 rings (SSSR count). The smallest absolute Gasteiger partial charge is 0.119 e. The van der Waals surface area contributed by atoms with Gasteiger partial charge >= 0.3 is 0 Å². The number of hydrogen-bond acceptors (Lipinski definition) is 3. The van der Waals surface area contributed by atoms with Gasteiger partial charge in [-0.1, -0.05) is 0 Å². The van der Waals surface area contributed by atoms with Crippen LogP contribution in [0.1, 0.15) is 5.56 Å². The topological polar surface area (TPSA) is 49.4 Å². The van der Waals surface area contributed by atoms with Crippen LogP contribution in [0.2, 0.25) is 0 Å². The van der Waals surface area contributed by atoms with Crippen LogP contribution in [0, 0.1) is 0 Å². The van der Waals surface area contributed by atoms with Gasteiger partial charge in [-0.25, -0.2) is 0 Å². The third-order valence-electron chi connectivity index (χ3n) is 2.25. The predicted octanol–water partition coefficient (Wildman–Crippen LogP) is 1.73. The van der Waals surface area contributed by atoms with Crippen LogP contribution in [0.4, 0.5) is 0 Å². The van der Waals surface area contributed by atoms with E-state index in [-0.39, 0.29) is 0 Å². The summed E-state index contributed by atoms with van der Waals surface area (Å²) in [6.45, 7) is 0. The predicted molar refractivity (Wildman–Crippen MR) is 61.5 cm³/mol. The molecule has 0 aliphatic heterocycles. The fraction of sp³-hybridized carbons (Fsp3) is 0.182. The van der Waals surface area contributed by atoms with Crippen molar-refractivity contribution in [2.24, 2.45) is 5.10 Å². The van der Waals surface area contributed by atoms with E-state index in [4.69, 9.17) is 4.74 Å². The first kappa shape index (κ1) is 9.58. The molecule has 4 heteroatoms. The normalized spacial score (nSPS) is 11.1. The molecule has 0 radical (unpaired) electrons. The summed E-state index contributed by atoms with van der Waals surface area (Å²) in [5, 5.41) is 5.09. The third-order valence-corrected chi connectivity index (χ3v) is 2.25. The van der Waals surface area contributed by atoms with Gasteiger partial charge in [0.15, 0.2) is 0 Å². The van der Waals surface area contributed by atoms with Crippen LogP contribution >= 0.6 is 0 Å². The van der Waals surface area contributed by atoms with Gasteiger partial charge in [0, 0.05) is 29.7 Å². The standard InChI is InChI=1S/C11H13N3O/c1-12-14-7-8-6-13-11-4-3-9(15-2)5-10(8)11/h3-7,12-13H,1-2H3/b14-7+. The Kier molecular flexibility index (Phi) is 2.58. The number of ether oxygens (including phenoxy) is 1. The van der Waals surface area contributed by atoms with Gasteiger partial charge in [0.2, 0.25) is 0 Å². The summed E-state index contributed by atoms with van der Waals surface area (Å²) in [5.41, 5.74) is 4.84. The van der Waals surface area contributed by atoms with Crippen molar-refractivity contribution >= 4 is 17.1 Å². The summed E-state index contributed by atoms with van der Waals surface area (Å²) in [6.07, 6.45) is 3.70. The summed E-state index contributed by atoms with van der Waals surface area (Å²) in [4.78, 5) is 3.17. The Labute approximate surface area is 87.9 Å². The molecule has 4 nitrogen and oxygen atoms in total. The Morgan fingerprint density at radius 2 is 2.33 bits per heavy atom. The molecule has 0 bridgehead atoms. The van der Waals surface area contributed by atoms with Crippen LogP contribution in [0.3, 0.4) is 0 Å². The zero-order valence-electron chi connectivity index (χ0n) is 8.74. The monoisotopic (exact) mass is 203 g/mol. The van der Waals surface area contributed by atoms with E-state index >= 15 is 0 Å². The van der Waals surface area contributed by atoms with Gasteiger partial charge in [-0.15, -0.1) is 0 Å². The maximum absolute atomic E-state index is 5.18. The molecule has 0 saturated carbocycles. The highest BCUT2D eigenvalue weighted by atomic mass is 16.5. The van der Waals surface area contributed by atoms with Gasteiger partial charge in [-0.05, 0) is 18.2 Å². The average Bonchev–Trinajstić information content (AvgIpc) is 2.68. The van der Waals surface area contributed by atoms with Gasteiger partial charge in [0.1, 0.15) is 5.75 Å². The number of benzene rings is 1. The maximum atomic E-state index is 5.18. The molecule has 78 valence electrons. The second kappa shape index (κ2) is 4.04. The van der Waals surface area contributed by atoms with Crippen molar-refractivity contribution in [3.05, 3.63) is 30.0 Å². The number of aromatic amines is 1. The number of fused-ring (bicyclic) bond motifs is 1. The number of methoxy groups -OCH3 is 1.